The van der Waals surface area contributed by atoms with Gasteiger partial charge in [-0.3, -0.25) is 9.36 Å². The highest BCUT2D eigenvalue weighted by atomic mass is 15.3. The Balaban J connectivity index is 2.16. The molecule has 116 valence electrons. The van der Waals surface area contributed by atoms with Crippen LogP contribution in [0.2, 0.25) is 0 Å². The third-order valence-electron chi connectivity index (χ3n) is 3.95. The second kappa shape index (κ2) is 6.46. The smallest absolute Gasteiger partial charge is 0.0656 e. The highest BCUT2D eigenvalue weighted by molar-refractivity contribution is 5.17. The predicted octanol–water partition coefficient (Wildman–Crippen LogP) is 4.15. The van der Waals surface area contributed by atoms with Gasteiger partial charge in [-0.15, -0.1) is 0 Å². The van der Waals surface area contributed by atoms with Crippen molar-refractivity contribution in [2.24, 2.45) is 0 Å². The normalized spacial score (nSPS) is 13.3. The van der Waals surface area contributed by atoms with Crippen LogP contribution in [0.3, 0.4) is 0 Å². The number of aryl methyl sites for hydroxylation is 1. The van der Waals surface area contributed by atoms with Gasteiger partial charge in [0.2, 0.25) is 0 Å². The molecule has 0 N–H and O–H groups in total. The van der Waals surface area contributed by atoms with E-state index >= 15 is 0 Å². The summed E-state index contributed by atoms with van der Waals surface area (Å²) >= 11 is 0. The largest absolute Gasteiger partial charge is 0.270 e. The minimum Gasteiger partial charge on any atom is -0.270 e. The van der Waals surface area contributed by atoms with Crippen molar-refractivity contribution in [3.8, 4) is 0 Å². The Morgan fingerprint density at radius 1 is 1.05 bits per heavy atom. The molecule has 0 fully saturated rings. The molecule has 2 aromatic heterocycles. The van der Waals surface area contributed by atoms with Gasteiger partial charge in [0, 0.05) is 30.4 Å². The zero-order chi connectivity index (χ0) is 15.6. The Labute approximate surface area is 128 Å². The first-order valence-electron chi connectivity index (χ1n) is 8.04. The van der Waals surface area contributed by atoms with Crippen LogP contribution in [0.4, 0.5) is 0 Å². The Morgan fingerprint density at radius 3 is 2.29 bits per heavy atom. The Kier molecular flexibility index (Phi) is 4.86. The van der Waals surface area contributed by atoms with E-state index in [4.69, 9.17) is 10.2 Å². The van der Waals surface area contributed by atoms with Crippen molar-refractivity contribution in [2.75, 3.05) is 0 Å². The molecule has 0 spiro atoms. The monoisotopic (exact) mass is 288 g/mol. The first-order chi connectivity index (χ1) is 9.92. The van der Waals surface area contributed by atoms with Gasteiger partial charge < -0.3 is 0 Å². The third kappa shape index (κ3) is 3.55. The fraction of sp³-hybridized carbons (Fsp3) is 0.647. The zero-order valence-corrected chi connectivity index (χ0v) is 14.2. The average Bonchev–Trinajstić information content (AvgIpc) is 3.05. The van der Waals surface area contributed by atoms with E-state index in [1.165, 1.54) is 17.1 Å². The van der Waals surface area contributed by atoms with Gasteiger partial charge in [-0.1, -0.05) is 20.8 Å². The minimum absolute atomic E-state index is 0.409. The van der Waals surface area contributed by atoms with Crippen LogP contribution >= 0.6 is 0 Å². The molecule has 0 amide bonds. The van der Waals surface area contributed by atoms with Crippen LogP contribution in [0.15, 0.2) is 18.3 Å². The van der Waals surface area contributed by atoms with Gasteiger partial charge in [-0.25, -0.2) is 0 Å². The van der Waals surface area contributed by atoms with Gasteiger partial charge >= 0.3 is 0 Å². The highest BCUT2D eigenvalue weighted by Crippen LogP contribution is 2.22. The van der Waals surface area contributed by atoms with E-state index in [9.17, 15) is 0 Å². The van der Waals surface area contributed by atoms with Gasteiger partial charge in [0.15, 0.2) is 0 Å². The number of hydrogen-bond donors (Lipinski definition) is 0. The standard InChI is InChI=1S/C17H28N4/c1-7-20-15(11-17(19-20)12(2)3)10-14(6)16-8-9-21(18-16)13(4)5/h8-9,11-14H,7,10H2,1-6H3. The van der Waals surface area contributed by atoms with Gasteiger partial charge in [0.05, 0.1) is 11.4 Å². The van der Waals surface area contributed by atoms with Crippen molar-refractivity contribution >= 4 is 0 Å². The summed E-state index contributed by atoms with van der Waals surface area (Å²) in [7, 11) is 0. The lowest BCUT2D eigenvalue weighted by Crippen LogP contribution is -2.08. The molecular weight excluding hydrogens is 260 g/mol. The molecule has 4 nitrogen and oxygen atoms in total. The fourth-order valence-corrected chi connectivity index (χ4v) is 2.52. The number of nitrogens with zero attached hydrogens (tertiary/aromatic N) is 4. The molecule has 4 heteroatoms. The van der Waals surface area contributed by atoms with E-state index in [1.54, 1.807) is 0 Å². The molecule has 2 rings (SSSR count). The van der Waals surface area contributed by atoms with Crippen LogP contribution in [0.5, 0.6) is 0 Å². The molecule has 0 saturated heterocycles. The lowest BCUT2D eigenvalue weighted by Gasteiger charge is -2.10. The molecule has 0 radical (unpaired) electrons. The van der Waals surface area contributed by atoms with E-state index in [1.807, 2.05) is 4.68 Å². The second-order valence-corrected chi connectivity index (χ2v) is 6.45. The van der Waals surface area contributed by atoms with E-state index in [0.29, 0.717) is 17.9 Å². The SMILES string of the molecule is CCn1nc(C(C)C)cc1CC(C)c1ccn(C(C)C)n1. The number of rotatable bonds is 6. The van der Waals surface area contributed by atoms with Gasteiger partial charge in [0.25, 0.3) is 0 Å². The highest BCUT2D eigenvalue weighted by Gasteiger charge is 2.16. The first kappa shape index (κ1) is 15.8. The lowest BCUT2D eigenvalue weighted by molar-refractivity contribution is 0.516. The molecular formula is C17H28N4. The van der Waals surface area contributed by atoms with Crippen molar-refractivity contribution in [1.29, 1.82) is 0 Å². The summed E-state index contributed by atoms with van der Waals surface area (Å²) in [6, 6.07) is 4.81. The maximum atomic E-state index is 4.70. The summed E-state index contributed by atoms with van der Waals surface area (Å²) in [5, 5.41) is 9.39. The summed E-state index contributed by atoms with van der Waals surface area (Å²) in [5.74, 6) is 0.888. The van der Waals surface area contributed by atoms with Crippen molar-refractivity contribution in [3.05, 3.63) is 35.4 Å². The molecule has 2 heterocycles. The van der Waals surface area contributed by atoms with Crippen LogP contribution in [0.1, 0.15) is 76.5 Å². The topological polar surface area (TPSA) is 35.6 Å². The second-order valence-electron chi connectivity index (χ2n) is 6.45. The molecule has 0 aliphatic heterocycles. The number of hydrogen-bond acceptors (Lipinski definition) is 2. The van der Waals surface area contributed by atoms with Gasteiger partial charge in [-0.05, 0) is 45.2 Å². The summed E-state index contributed by atoms with van der Waals surface area (Å²) in [6.07, 6.45) is 3.07. The molecule has 0 saturated carbocycles. The Morgan fingerprint density at radius 2 is 1.76 bits per heavy atom. The van der Waals surface area contributed by atoms with Gasteiger partial charge in [-0.2, -0.15) is 10.2 Å². The molecule has 1 unspecified atom stereocenters. The maximum Gasteiger partial charge on any atom is 0.0656 e. The molecule has 2 aromatic rings. The molecule has 1 atom stereocenters. The Bertz CT molecular complexity index is 577. The summed E-state index contributed by atoms with van der Waals surface area (Å²) in [5.41, 5.74) is 3.67. The lowest BCUT2D eigenvalue weighted by atomic mass is 10.0. The fourth-order valence-electron chi connectivity index (χ4n) is 2.52. The van der Waals surface area contributed by atoms with Crippen molar-refractivity contribution in [2.45, 2.75) is 72.4 Å². The van der Waals surface area contributed by atoms with Crippen molar-refractivity contribution < 1.29 is 0 Å². The summed E-state index contributed by atoms with van der Waals surface area (Å²) in [4.78, 5) is 0. The summed E-state index contributed by atoms with van der Waals surface area (Å²) in [6.45, 7) is 14.0. The minimum atomic E-state index is 0.409. The van der Waals surface area contributed by atoms with E-state index in [0.717, 1.165) is 13.0 Å². The number of aromatic nitrogens is 4. The summed E-state index contributed by atoms with van der Waals surface area (Å²) < 4.78 is 4.16. The zero-order valence-electron chi connectivity index (χ0n) is 14.2. The van der Waals surface area contributed by atoms with Crippen LogP contribution < -0.4 is 0 Å². The van der Waals surface area contributed by atoms with Crippen LogP contribution in [0, 0.1) is 0 Å². The van der Waals surface area contributed by atoms with Crippen molar-refractivity contribution in [1.82, 2.24) is 19.6 Å². The Hall–Kier alpha value is -1.58. The quantitative estimate of drug-likeness (QED) is 0.800. The van der Waals surface area contributed by atoms with E-state index in [2.05, 4.69) is 64.6 Å². The third-order valence-corrected chi connectivity index (χ3v) is 3.95. The molecule has 0 aliphatic rings. The predicted molar refractivity (Wildman–Crippen MR) is 86.7 cm³/mol. The van der Waals surface area contributed by atoms with Crippen LogP contribution in [-0.4, -0.2) is 19.6 Å². The molecule has 0 aromatic carbocycles. The average molecular weight is 288 g/mol. The van der Waals surface area contributed by atoms with Crippen LogP contribution in [0.25, 0.3) is 0 Å². The maximum absolute atomic E-state index is 4.70. The van der Waals surface area contributed by atoms with E-state index in [-0.39, 0.29) is 0 Å². The van der Waals surface area contributed by atoms with Gasteiger partial charge in [0.1, 0.15) is 0 Å². The molecule has 0 aliphatic carbocycles. The first-order valence-corrected chi connectivity index (χ1v) is 8.04. The van der Waals surface area contributed by atoms with E-state index < -0.39 is 0 Å². The van der Waals surface area contributed by atoms with Crippen LogP contribution in [-0.2, 0) is 13.0 Å². The molecule has 0 bridgehead atoms. The molecule has 21 heavy (non-hydrogen) atoms. The van der Waals surface area contributed by atoms with Crippen molar-refractivity contribution in [3.63, 3.8) is 0 Å².